The minimum atomic E-state index is -0.981. The quantitative estimate of drug-likeness (QED) is 0.181. The van der Waals surface area contributed by atoms with Gasteiger partial charge in [-0.25, -0.2) is 0 Å². The number of nitrogens with two attached hydrogens (primary N) is 1. The summed E-state index contributed by atoms with van der Waals surface area (Å²) < 4.78 is 6.03. The van der Waals surface area contributed by atoms with Gasteiger partial charge in [-0.1, -0.05) is 92.4 Å². The number of hydrogen-bond donors (Lipinski definition) is 1. The molecule has 4 aliphatic carbocycles. The molecule has 0 aromatic carbocycles. The number of primary amides is 1. The van der Waals surface area contributed by atoms with Crippen LogP contribution < -0.4 is 5.73 Å². The number of hydrogen-bond acceptors (Lipinski definition) is 7. The fraction of sp³-hybridized carbons (Fsp3) is 0.886. The fourth-order valence-electron chi connectivity index (χ4n) is 12.4. The smallest absolute Gasteiger partial charge is 0.285 e. The second-order valence-corrected chi connectivity index (χ2v) is 20.5. The first-order chi connectivity index (χ1) is 24.9. The third-order valence-electron chi connectivity index (χ3n) is 15.9. The van der Waals surface area contributed by atoms with Crippen molar-refractivity contribution in [3.63, 3.8) is 0 Å². The molecule has 0 radical (unpaired) electrons. The first-order valence-electron chi connectivity index (χ1n) is 21.5. The van der Waals surface area contributed by atoms with Gasteiger partial charge in [0.1, 0.15) is 5.78 Å². The number of rotatable bonds is 15. The lowest BCUT2D eigenvalue weighted by molar-refractivity contribution is -0.147. The Kier molecular flexibility index (Phi) is 11.8. The number of ketones is 3. The maximum atomic E-state index is 15.1. The molecule has 2 saturated heterocycles. The summed E-state index contributed by atoms with van der Waals surface area (Å²) in [4.78, 5) is 73.4. The van der Waals surface area contributed by atoms with Gasteiger partial charge in [0.15, 0.2) is 5.78 Å². The summed E-state index contributed by atoms with van der Waals surface area (Å²) in [6.45, 7) is 18.2. The molecule has 4 saturated carbocycles. The first kappa shape index (κ1) is 40.5. The zero-order chi connectivity index (χ0) is 38.5. The molecule has 53 heavy (non-hydrogen) atoms. The largest absolute Gasteiger partial charge is 0.373 e. The summed E-state index contributed by atoms with van der Waals surface area (Å²) >= 11 is 0. The number of fused-ring (bicyclic) bond motifs is 1. The van der Waals surface area contributed by atoms with E-state index < -0.39 is 35.0 Å². The molecule has 0 aromatic heterocycles. The number of morpholine rings is 1. The zero-order valence-electron chi connectivity index (χ0n) is 34.2. The summed E-state index contributed by atoms with van der Waals surface area (Å²) in [6, 6.07) is -0.661. The molecular formula is C44H71N3O6. The Morgan fingerprint density at radius 1 is 0.830 bits per heavy atom. The highest BCUT2D eigenvalue weighted by molar-refractivity contribution is 6.36. The van der Waals surface area contributed by atoms with Crippen molar-refractivity contribution in [2.24, 2.45) is 57.0 Å². The summed E-state index contributed by atoms with van der Waals surface area (Å²) in [6.07, 6.45) is 14.5. The van der Waals surface area contributed by atoms with Crippen molar-refractivity contribution in [1.82, 2.24) is 9.80 Å². The van der Waals surface area contributed by atoms with Crippen molar-refractivity contribution < 1.29 is 28.7 Å². The van der Waals surface area contributed by atoms with E-state index >= 15 is 4.79 Å². The molecule has 298 valence electrons. The van der Waals surface area contributed by atoms with Crippen LogP contribution in [0.25, 0.3) is 0 Å². The van der Waals surface area contributed by atoms with E-state index in [1.54, 1.807) is 0 Å². The minimum Gasteiger partial charge on any atom is -0.373 e. The topological polar surface area (TPSA) is 127 Å². The standard InChI is InChI=1S/C44H71N3O6/c1-28-24-46(25-29(2)53-28)26-33(31-15-9-8-10-16-31)20-34(48)22-35(41(3,4)5)40(52)47-27-44(42(6,7)43(44)17-12-18-43)23-36(47)37(49)21-32(38(50)39(45)51)19-30-13-11-14-30/h28-33,35-36H,8-27H2,1-7H3,(H2,45,51)/t28-,29-,32?,33+,35+,36-,44+/m0/s1. The van der Waals surface area contributed by atoms with Gasteiger partial charge in [-0.05, 0) is 73.5 Å². The van der Waals surface area contributed by atoms with Crippen LogP contribution in [-0.4, -0.2) is 83.4 Å². The lowest BCUT2D eigenvalue weighted by atomic mass is 9.73. The average Bonchev–Trinajstić information content (AvgIpc) is 3.25. The Morgan fingerprint density at radius 2 is 1.47 bits per heavy atom. The third kappa shape index (κ3) is 7.82. The Hall–Kier alpha value is -2.13. The number of carbonyl (C=O) groups excluding carboxylic acids is 5. The minimum absolute atomic E-state index is 0.00502. The second kappa shape index (κ2) is 15.4. The number of likely N-dealkylation sites (tertiary alicyclic amines) is 1. The predicted molar refractivity (Wildman–Crippen MR) is 206 cm³/mol. The van der Waals surface area contributed by atoms with Crippen LogP contribution in [0.3, 0.4) is 0 Å². The van der Waals surface area contributed by atoms with E-state index in [2.05, 4.69) is 53.4 Å². The lowest BCUT2D eigenvalue weighted by Crippen LogP contribution is -2.49. The molecule has 9 nitrogen and oxygen atoms in total. The van der Waals surface area contributed by atoms with Gasteiger partial charge in [-0.15, -0.1) is 0 Å². The number of ether oxygens (including phenoxy) is 1. The molecular weight excluding hydrogens is 666 g/mol. The summed E-state index contributed by atoms with van der Waals surface area (Å²) in [5, 5.41) is 0. The van der Waals surface area contributed by atoms with Crippen molar-refractivity contribution >= 4 is 29.2 Å². The number of carbonyl (C=O) groups is 5. The van der Waals surface area contributed by atoms with Gasteiger partial charge in [0.05, 0.1) is 18.2 Å². The molecule has 2 spiro atoms. The molecule has 2 aliphatic heterocycles. The summed E-state index contributed by atoms with van der Waals surface area (Å²) in [5.74, 6) is -1.93. The molecule has 1 unspecified atom stereocenters. The average molecular weight is 738 g/mol. The van der Waals surface area contributed by atoms with Crippen LogP contribution >= 0.6 is 0 Å². The van der Waals surface area contributed by atoms with Crippen LogP contribution in [-0.2, 0) is 28.7 Å². The van der Waals surface area contributed by atoms with Gasteiger partial charge in [0.2, 0.25) is 11.7 Å². The molecule has 0 aromatic rings. The molecule has 7 atom stereocenters. The molecule has 6 rings (SSSR count). The highest BCUT2D eigenvalue weighted by atomic mass is 16.5. The summed E-state index contributed by atoms with van der Waals surface area (Å²) in [5.41, 5.74) is 4.97. The lowest BCUT2D eigenvalue weighted by Gasteiger charge is -2.40. The molecule has 2 heterocycles. The van der Waals surface area contributed by atoms with Gasteiger partial charge < -0.3 is 15.4 Å². The van der Waals surface area contributed by atoms with Gasteiger partial charge in [0.25, 0.3) is 5.91 Å². The first-order valence-corrected chi connectivity index (χ1v) is 21.5. The van der Waals surface area contributed by atoms with E-state index in [0.717, 1.165) is 71.0 Å². The van der Waals surface area contributed by atoms with Gasteiger partial charge in [0, 0.05) is 62.7 Å². The SMILES string of the molecule is C[C@H]1CN(C[C@@H](CC(=O)C[C@H](C(=O)N2C[C@]3(C[C@H]2C(=O)CC(CC2CCC2)C(=O)C(N)=O)C(C)(C)C32CCC2)C(C)(C)C)C2CCCCC2)C[C@H](C)O1. The van der Waals surface area contributed by atoms with Crippen molar-refractivity contribution in [1.29, 1.82) is 0 Å². The highest BCUT2D eigenvalue weighted by Gasteiger charge is 2.85. The van der Waals surface area contributed by atoms with Gasteiger partial charge in [-0.2, -0.15) is 0 Å². The second-order valence-electron chi connectivity index (χ2n) is 20.5. The number of amides is 2. The van der Waals surface area contributed by atoms with E-state index in [1.807, 2.05) is 4.90 Å². The normalized spacial score (nSPS) is 31.8. The van der Waals surface area contributed by atoms with Gasteiger partial charge in [-0.3, -0.25) is 28.9 Å². The van der Waals surface area contributed by atoms with Crippen molar-refractivity contribution in [2.75, 3.05) is 26.2 Å². The summed E-state index contributed by atoms with van der Waals surface area (Å²) in [7, 11) is 0. The number of nitrogens with zero attached hydrogens (tertiary/aromatic N) is 2. The zero-order valence-corrected chi connectivity index (χ0v) is 34.2. The third-order valence-corrected chi connectivity index (χ3v) is 15.9. The molecule has 2 amide bonds. The molecule has 6 aliphatic rings. The Balaban J connectivity index is 1.22. The number of Topliss-reactive ketones (excluding diaryl/α,β-unsaturated/α-hetero) is 3. The van der Waals surface area contributed by atoms with Crippen molar-refractivity contribution in [3.8, 4) is 0 Å². The highest BCUT2D eigenvalue weighted by Crippen LogP contribution is 2.88. The van der Waals surface area contributed by atoms with Crippen LogP contribution in [0, 0.1) is 51.2 Å². The Labute approximate surface area is 319 Å². The van der Waals surface area contributed by atoms with Crippen LogP contribution in [0.1, 0.15) is 151 Å². The van der Waals surface area contributed by atoms with Crippen molar-refractivity contribution in [2.45, 2.75) is 169 Å². The predicted octanol–water partition coefficient (Wildman–Crippen LogP) is 6.92. The van der Waals surface area contributed by atoms with Crippen molar-refractivity contribution in [3.05, 3.63) is 0 Å². The van der Waals surface area contributed by atoms with Crippen LogP contribution in [0.2, 0.25) is 0 Å². The van der Waals surface area contributed by atoms with Gasteiger partial charge >= 0.3 is 0 Å². The Bertz CT molecular complexity index is 1390. The van der Waals surface area contributed by atoms with E-state index in [4.69, 9.17) is 10.5 Å². The molecule has 0 bridgehead atoms. The van der Waals surface area contributed by atoms with Crippen LogP contribution in [0.15, 0.2) is 0 Å². The van der Waals surface area contributed by atoms with Crippen LogP contribution in [0.4, 0.5) is 0 Å². The van der Waals surface area contributed by atoms with Crippen LogP contribution in [0.5, 0.6) is 0 Å². The maximum absolute atomic E-state index is 15.1. The Morgan fingerprint density at radius 3 is 1.98 bits per heavy atom. The van der Waals surface area contributed by atoms with E-state index in [9.17, 15) is 19.2 Å². The molecule has 6 fully saturated rings. The molecule has 9 heteroatoms. The maximum Gasteiger partial charge on any atom is 0.285 e. The molecule has 2 N–H and O–H groups in total. The fourth-order valence-corrected chi connectivity index (χ4v) is 12.4. The van der Waals surface area contributed by atoms with E-state index in [0.29, 0.717) is 37.6 Å². The van der Waals surface area contributed by atoms with E-state index in [1.165, 1.54) is 19.3 Å². The monoisotopic (exact) mass is 738 g/mol. The van der Waals surface area contributed by atoms with E-state index in [-0.39, 0.29) is 64.7 Å².